The van der Waals surface area contributed by atoms with Crippen LogP contribution in [-0.4, -0.2) is 82.3 Å². The predicted octanol–water partition coefficient (Wildman–Crippen LogP) is 8.60. The molecular formula is C49H44Cl2F2N8O6S. The third-order valence-corrected chi connectivity index (χ3v) is 12.6. The lowest BCUT2D eigenvalue weighted by molar-refractivity contribution is 0.0866. The van der Waals surface area contributed by atoms with Gasteiger partial charge in [-0.25, -0.2) is 27.2 Å². The molecule has 0 radical (unpaired) electrons. The summed E-state index contributed by atoms with van der Waals surface area (Å²) in [4.78, 5) is 44.1. The first-order valence-corrected chi connectivity index (χ1v) is 24.1. The molecule has 8 aromatic rings. The zero-order valence-electron chi connectivity index (χ0n) is 36.5. The largest absolute Gasteiger partial charge is 0.381 e. The summed E-state index contributed by atoms with van der Waals surface area (Å²) in [6.45, 7) is 3.10. The van der Waals surface area contributed by atoms with Crippen molar-refractivity contribution in [2.75, 3.05) is 38.0 Å². The molecule has 4 aromatic carbocycles. The van der Waals surface area contributed by atoms with Gasteiger partial charge in [0.2, 0.25) is 20.9 Å². The van der Waals surface area contributed by atoms with Crippen LogP contribution >= 0.6 is 23.2 Å². The van der Waals surface area contributed by atoms with Crippen LogP contribution < -0.4 is 22.2 Å². The van der Waals surface area contributed by atoms with Gasteiger partial charge in [-0.3, -0.25) is 18.7 Å². The highest BCUT2D eigenvalue weighted by molar-refractivity contribution is 7.90. The normalized spacial score (nSPS) is 14.4. The Labute approximate surface area is 399 Å². The van der Waals surface area contributed by atoms with Crippen LogP contribution in [0.25, 0.3) is 55.7 Å². The topological polar surface area (TPSA) is 186 Å². The minimum atomic E-state index is -3.70. The van der Waals surface area contributed by atoms with E-state index in [0.717, 1.165) is 45.2 Å². The summed E-state index contributed by atoms with van der Waals surface area (Å²) in [7, 11) is -3.70. The van der Waals surface area contributed by atoms with Crippen molar-refractivity contribution in [3.8, 4) is 33.6 Å². The summed E-state index contributed by atoms with van der Waals surface area (Å²) in [5.41, 5.74) is 7.95. The van der Waals surface area contributed by atoms with Crippen LogP contribution in [0.5, 0.6) is 0 Å². The van der Waals surface area contributed by atoms with E-state index in [1.165, 1.54) is 51.7 Å². The van der Waals surface area contributed by atoms with Gasteiger partial charge in [0.1, 0.15) is 11.6 Å². The van der Waals surface area contributed by atoms with E-state index >= 15 is 0 Å². The maximum absolute atomic E-state index is 13.6. The van der Waals surface area contributed by atoms with Crippen molar-refractivity contribution in [2.45, 2.75) is 42.9 Å². The molecule has 10 rings (SSSR count). The third-order valence-electron chi connectivity index (χ3n) is 11.1. The highest BCUT2D eigenvalue weighted by Crippen LogP contribution is 2.30. The van der Waals surface area contributed by atoms with Gasteiger partial charge >= 0.3 is 0 Å². The highest BCUT2D eigenvalue weighted by atomic mass is 35.5. The van der Waals surface area contributed by atoms with E-state index in [2.05, 4.69) is 25.3 Å². The Kier molecular flexibility index (Phi) is 15.0. The van der Waals surface area contributed by atoms with Gasteiger partial charge in [-0.15, -0.1) is 0 Å². The second-order valence-electron chi connectivity index (χ2n) is 16.0. The average Bonchev–Trinajstić information content (AvgIpc) is 3.33. The van der Waals surface area contributed by atoms with E-state index in [0.29, 0.717) is 79.7 Å². The Morgan fingerprint density at radius 1 is 0.632 bits per heavy atom. The number of ether oxygens (including phenoxy) is 2. The Hall–Kier alpha value is -6.47. The van der Waals surface area contributed by atoms with Gasteiger partial charge in [-0.05, 0) is 98.5 Å². The molecule has 0 bridgehead atoms. The Bertz CT molecular complexity index is 3330. The molecular weight excluding hydrogens is 938 g/mol. The number of aromatic nitrogens is 6. The van der Waals surface area contributed by atoms with Crippen LogP contribution in [0.1, 0.15) is 25.7 Å². The minimum absolute atomic E-state index is 0.0906. The summed E-state index contributed by atoms with van der Waals surface area (Å²) in [6, 6.07) is 28.9. The van der Waals surface area contributed by atoms with Gasteiger partial charge in [0.15, 0.2) is 11.3 Å². The molecule has 14 nitrogen and oxygen atoms in total. The monoisotopic (exact) mass is 980 g/mol. The van der Waals surface area contributed by atoms with Gasteiger partial charge in [-0.1, -0.05) is 59.6 Å². The molecule has 0 atom stereocenters. The number of sulfone groups is 1. The molecule has 68 heavy (non-hydrogen) atoms. The maximum Gasteiger partial charge on any atom is 0.264 e. The van der Waals surface area contributed by atoms with Gasteiger partial charge in [0.25, 0.3) is 11.1 Å². The molecule has 2 aliphatic heterocycles. The molecule has 2 saturated heterocycles. The van der Waals surface area contributed by atoms with Crippen LogP contribution in [0, 0.1) is 11.6 Å². The van der Waals surface area contributed by atoms with E-state index in [1.807, 2.05) is 12.1 Å². The molecule has 0 saturated carbocycles. The molecule has 0 unspecified atom stereocenters. The number of fused-ring (bicyclic) bond motifs is 2. The van der Waals surface area contributed by atoms with Crippen molar-refractivity contribution >= 4 is 61.1 Å². The van der Waals surface area contributed by atoms with Gasteiger partial charge < -0.3 is 20.5 Å². The van der Waals surface area contributed by atoms with Crippen molar-refractivity contribution in [3.05, 3.63) is 164 Å². The molecule has 3 N–H and O–H groups in total. The summed E-state index contributed by atoms with van der Waals surface area (Å²) in [5.74, 6) is -0.421. The van der Waals surface area contributed by atoms with Crippen LogP contribution in [0.4, 0.5) is 14.7 Å². The number of benzene rings is 4. The lowest BCUT2D eigenvalue weighted by atomic mass is 10.1. The molecule has 0 aliphatic carbocycles. The molecule has 0 amide bonds. The fraction of sp³-hybridized carbons (Fsp3) is 0.224. The van der Waals surface area contributed by atoms with Crippen molar-refractivity contribution in [2.24, 2.45) is 5.73 Å². The van der Waals surface area contributed by atoms with E-state index in [1.54, 1.807) is 66.9 Å². The van der Waals surface area contributed by atoms with Gasteiger partial charge in [-0.2, -0.15) is 9.97 Å². The molecule has 19 heteroatoms. The minimum Gasteiger partial charge on any atom is -0.381 e. The summed E-state index contributed by atoms with van der Waals surface area (Å²) >= 11 is 12.7. The predicted molar refractivity (Wildman–Crippen MR) is 260 cm³/mol. The molecule has 0 spiro atoms. The number of pyridine rings is 2. The summed E-state index contributed by atoms with van der Waals surface area (Å²) < 4.78 is 64.0. The zero-order chi connectivity index (χ0) is 48.0. The van der Waals surface area contributed by atoms with Gasteiger partial charge in [0.05, 0.1) is 11.4 Å². The number of nitrogens with two attached hydrogens (primary N) is 1. The van der Waals surface area contributed by atoms with E-state index in [-0.39, 0.29) is 28.6 Å². The standard InChI is InChI=1S/C24H20ClFN4O2.C20H13ClFN3O3S.C5H11NO/c25-21-4-2-1-3-19(21)20-13-15-14-27-24(28-17-9-11-32-12-10-17)29-22(15)30(23(20)31)18-7-5-16(26)6-8-18;1-29(27,28)20-23-11-12-10-16(15-4-2-3-5-17(15)21)19(26)25(18(12)24-20)14-8-6-13(22)7-9-14;6-5-1-3-7-4-2-5/h1-8,13-14,17H,9-12H2,(H,27,28,29);2-11H,1H3;5H,1-4,6H2. The lowest BCUT2D eigenvalue weighted by Crippen LogP contribution is -2.29. The van der Waals surface area contributed by atoms with Crippen LogP contribution in [0.15, 0.2) is 136 Å². The lowest BCUT2D eigenvalue weighted by Gasteiger charge is -2.23. The maximum atomic E-state index is 13.6. The summed E-state index contributed by atoms with van der Waals surface area (Å²) in [6.07, 6.45) is 7.80. The number of rotatable bonds is 7. The van der Waals surface area contributed by atoms with Crippen molar-refractivity contribution in [1.82, 2.24) is 29.1 Å². The second-order valence-corrected chi connectivity index (χ2v) is 18.7. The zero-order valence-corrected chi connectivity index (χ0v) is 38.8. The number of hydrogen-bond donors (Lipinski definition) is 2. The number of halogens is 4. The fourth-order valence-corrected chi connectivity index (χ4v) is 8.54. The molecule has 350 valence electrons. The Morgan fingerprint density at radius 3 is 1.51 bits per heavy atom. The van der Waals surface area contributed by atoms with Crippen LogP contribution in [-0.2, 0) is 19.3 Å². The summed E-state index contributed by atoms with van der Waals surface area (Å²) in [5, 5.41) is 4.86. The van der Waals surface area contributed by atoms with E-state index in [4.69, 9.17) is 38.4 Å². The Morgan fingerprint density at radius 2 is 1.07 bits per heavy atom. The molecule has 2 fully saturated rings. The molecule has 6 heterocycles. The quantitative estimate of drug-likeness (QED) is 0.145. The first-order valence-electron chi connectivity index (χ1n) is 21.5. The van der Waals surface area contributed by atoms with Crippen LogP contribution in [0.2, 0.25) is 10.0 Å². The van der Waals surface area contributed by atoms with Gasteiger partial charge in [0, 0.05) is 100 Å². The second kappa shape index (κ2) is 21.2. The number of nitrogens with one attached hydrogen (secondary N) is 1. The first kappa shape index (κ1) is 48.0. The highest BCUT2D eigenvalue weighted by Gasteiger charge is 2.21. The SMILES string of the molecule is CS(=O)(=O)c1ncc2cc(-c3ccccc3Cl)c(=O)n(-c3ccc(F)cc3)c2n1.NC1CCOCC1.O=c1c(-c2ccccc2Cl)cc2cnc(NC3CCOCC3)nc2n1-c1ccc(F)cc1. The number of hydrogen-bond acceptors (Lipinski definition) is 12. The number of anilines is 1. The fourth-order valence-electron chi connectivity index (χ4n) is 7.57. The van der Waals surface area contributed by atoms with Crippen LogP contribution in [0.3, 0.4) is 0 Å². The number of nitrogens with zero attached hydrogens (tertiary/aromatic N) is 6. The molecule has 4 aromatic heterocycles. The third kappa shape index (κ3) is 11.1. The van der Waals surface area contributed by atoms with E-state index < -0.39 is 26.4 Å². The van der Waals surface area contributed by atoms with Crippen molar-refractivity contribution in [1.29, 1.82) is 0 Å². The smallest absolute Gasteiger partial charge is 0.264 e. The first-order chi connectivity index (χ1) is 32.7. The van der Waals surface area contributed by atoms with Crippen molar-refractivity contribution < 1.29 is 26.7 Å². The van der Waals surface area contributed by atoms with Crippen molar-refractivity contribution in [3.63, 3.8) is 0 Å². The average molecular weight is 982 g/mol. The Balaban J connectivity index is 0.000000161. The van der Waals surface area contributed by atoms with E-state index in [9.17, 15) is 26.8 Å². The molecule has 2 aliphatic rings.